The Labute approximate surface area is 119 Å². The highest BCUT2D eigenvalue weighted by Crippen LogP contribution is 2.32. The van der Waals surface area contributed by atoms with Crippen LogP contribution in [0.1, 0.15) is 0 Å². The number of nitrogens with one attached hydrogen (secondary N) is 1. The van der Waals surface area contributed by atoms with Crippen LogP contribution in [0.3, 0.4) is 0 Å². The lowest BCUT2D eigenvalue weighted by atomic mass is 10.3. The second-order valence-corrected chi connectivity index (χ2v) is 4.90. The number of anilines is 1. The van der Waals surface area contributed by atoms with Gasteiger partial charge in [0.15, 0.2) is 5.82 Å². The second kappa shape index (κ2) is 5.59. The van der Waals surface area contributed by atoms with Crippen LogP contribution in [-0.2, 0) is 0 Å². The molecule has 0 aliphatic heterocycles. The fourth-order valence-corrected chi connectivity index (χ4v) is 2.07. The zero-order valence-corrected chi connectivity index (χ0v) is 12.0. The van der Waals surface area contributed by atoms with Crippen LogP contribution < -0.4 is 16.0 Å². The molecule has 2 rings (SSSR count). The SMILES string of the molecule is NNc1ncnc(Oc2cc(F)cc(Br)c2)c1Br. The van der Waals surface area contributed by atoms with Gasteiger partial charge in [0.1, 0.15) is 22.4 Å². The lowest BCUT2D eigenvalue weighted by Gasteiger charge is -2.09. The number of nitrogen functional groups attached to an aromatic ring is 1. The Hall–Kier alpha value is -1.25. The first kappa shape index (κ1) is 13.2. The molecule has 3 N–H and O–H groups in total. The maximum absolute atomic E-state index is 13.2. The smallest absolute Gasteiger partial charge is 0.238 e. The minimum atomic E-state index is -0.415. The van der Waals surface area contributed by atoms with Gasteiger partial charge in [0, 0.05) is 10.5 Å². The van der Waals surface area contributed by atoms with E-state index in [2.05, 4.69) is 47.3 Å². The fraction of sp³-hybridized carbons (Fsp3) is 0. The summed E-state index contributed by atoms with van der Waals surface area (Å²) in [7, 11) is 0. The van der Waals surface area contributed by atoms with Crippen molar-refractivity contribution in [2.24, 2.45) is 5.84 Å². The molecule has 18 heavy (non-hydrogen) atoms. The summed E-state index contributed by atoms with van der Waals surface area (Å²) in [5.74, 6) is 5.76. The van der Waals surface area contributed by atoms with Gasteiger partial charge in [-0.2, -0.15) is 0 Å². The number of aromatic nitrogens is 2. The van der Waals surface area contributed by atoms with E-state index < -0.39 is 5.82 Å². The summed E-state index contributed by atoms with van der Waals surface area (Å²) in [5, 5.41) is 0. The highest BCUT2D eigenvalue weighted by Gasteiger charge is 2.10. The third-order valence-electron chi connectivity index (χ3n) is 1.94. The summed E-state index contributed by atoms with van der Waals surface area (Å²) in [6.45, 7) is 0. The van der Waals surface area contributed by atoms with Crippen LogP contribution in [0, 0.1) is 5.82 Å². The Bertz CT molecular complexity index is 562. The van der Waals surface area contributed by atoms with Crippen molar-refractivity contribution in [1.29, 1.82) is 0 Å². The normalized spacial score (nSPS) is 10.2. The standard InChI is InChI=1S/C10H7Br2FN4O/c11-5-1-6(13)3-7(2-5)18-10-8(12)9(17-14)15-4-16-10/h1-4H,14H2,(H,15,16,17). The molecule has 5 nitrogen and oxygen atoms in total. The molecule has 0 amide bonds. The van der Waals surface area contributed by atoms with E-state index in [1.54, 1.807) is 6.07 Å². The molecule has 0 saturated carbocycles. The summed E-state index contributed by atoms with van der Waals surface area (Å²) in [6.07, 6.45) is 1.28. The molecule has 0 spiro atoms. The molecule has 0 saturated heterocycles. The van der Waals surface area contributed by atoms with Crippen LogP contribution in [0.2, 0.25) is 0 Å². The van der Waals surface area contributed by atoms with Crippen molar-refractivity contribution in [3.8, 4) is 11.6 Å². The highest BCUT2D eigenvalue weighted by molar-refractivity contribution is 9.11. The molecule has 0 unspecified atom stereocenters. The van der Waals surface area contributed by atoms with E-state index in [-0.39, 0.29) is 5.88 Å². The summed E-state index contributed by atoms with van der Waals surface area (Å²) in [4.78, 5) is 7.80. The number of benzene rings is 1. The predicted octanol–water partition coefficient (Wildman–Crippen LogP) is 3.22. The zero-order valence-electron chi connectivity index (χ0n) is 8.82. The molecule has 2 aromatic rings. The molecular formula is C10H7Br2FN4O. The van der Waals surface area contributed by atoms with E-state index in [1.165, 1.54) is 18.5 Å². The Morgan fingerprint density at radius 1 is 1.22 bits per heavy atom. The average Bonchev–Trinajstić information content (AvgIpc) is 2.30. The van der Waals surface area contributed by atoms with Crippen LogP contribution in [0.15, 0.2) is 33.5 Å². The first-order valence-electron chi connectivity index (χ1n) is 4.71. The monoisotopic (exact) mass is 376 g/mol. The molecular weight excluding hydrogens is 371 g/mol. The maximum Gasteiger partial charge on any atom is 0.238 e. The molecule has 1 aromatic heterocycles. The molecule has 0 aliphatic rings. The van der Waals surface area contributed by atoms with E-state index in [1.807, 2.05) is 0 Å². The van der Waals surface area contributed by atoms with Crippen LogP contribution in [-0.4, -0.2) is 9.97 Å². The van der Waals surface area contributed by atoms with Gasteiger partial charge in [0.05, 0.1) is 0 Å². The largest absolute Gasteiger partial charge is 0.438 e. The third kappa shape index (κ3) is 2.95. The lowest BCUT2D eigenvalue weighted by molar-refractivity contribution is 0.453. The zero-order chi connectivity index (χ0) is 13.1. The molecule has 1 heterocycles. The number of hydrazine groups is 1. The van der Waals surface area contributed by atoms with E-state index in [4.69, 9.17) is 10.6 Å². The van der Waals surface area contributed by atoms with Gasteiger partial charge in [0.25, 0.3) is 0 Å². The maximum atomic E-state index is 13.2. The van der Waals surface area contributed by atoms with Crippen molar-refractivity contribution in [3.63, 3.8) is 0 Å². The summed E-state index contributed by atoms with van der Waals surface area (Å²) in [6, 6.07) is 4.19. The molecule has 0 bridgehead atoms. The van der Waals surface area contributed by atoms with Gasteiger partial charge in [0.2, 0.25) is 5.88 Å². The third-order valence-corrected chi connectivity index (χ3v) is 3.12. The van der Waals surface area contributed by atoms with Crippen LogP contribution in [0.4, 0.5) is 10.2 Å². The van der Waals surface area contributed by atoms with Gasteiger partial charge in [-0.15, -0.1) is 0 Å². The molecule has 8 heteroatoms. The first-order chi connectivity index (χ1) is 8.60. The molecule has 0 atom stereocenters. The van der Waals surface area contributed by atoms with Crippen molar-refractivity contribution >= 4 is 37.7 Å². The number of hydrogen-bond donors (Lipinski definition) is 2. The summed E-state index contributed by atoms with van der Waals surface area (Å²) < 4.78 is 19.7. The molecule has 94 valence electrons. The molecule has 0 aliphatic carbocycles. The van der Waals surface area contributed by atoms with E-state index in [0.717, 1.165) is 0 Å². The van der Waals surface area contributed by atoms with Gasteiger partial charge in [-0.05, 0) is 28.1 Å². The molecule has 0 radical (unpaired) electrons. The first-order valence-corrected chi connectivity index (χ1v) is 6.30. The minimum Gasteiger partial charge on any atom is -0.438 e. The van der Waals surface area contributed by atoms with Crippen molar-refractivity contribution < 1.29 is 9.13 Å². The van der Waals surface area contributed by atoms with Crippen LogP contribution in [0.5, 0.6) is 11.6 Å². The average molecular weight is 378 g/mol. The van der Waals surface area contributed by atoms with E-state index in [9.17, 15) is 4.39 Å². The lowest BCUT2D eigenvalue weighted by Crippen LogP contribution is -2.09. The van der Waals surface area contributed by atoms with Gasteiger partial charge in [-0.3, -0.25) is 0 Å². The number of halogens is 3. The summed E-state index contributed by atoms with van der Waals surface area (Å²) >= 11 is 6.41. The summed E-state index contributed by atoms with van der Waals surface area (Å²) in [5.41, 5.74) is 2.38. The van der Waals surface area contributed by atoms with Crippen LogP contribution in [0.25, 0.3) is 0 Å². The topological polar surface area (TPSA) is 73.1 Å². The van der Waals surface area contributed by atoms with Crippen molar-refractivity contribution in [3.05, 3.63) is 39.3 Å². The van der Waals surface area contributed by atoms with Crippen molar-refractivity contribution in [1.82, 2.24) is 9.97 Å². The fourth-order valence-electron chi connectivity index (χ4n) is 1.22. The van der Waals surface area contributed by atoms with Gasteiger partial charge in [-0.1, -0.05) is 15.9 Å². The minimum absolute atomic E-state index is 0.232. The number of nitrogens with zero attached hydrogens (tertiary/aromatic N) is 2. The van der Waals surface area contributed by atoms with Crippen molar-refractivity contribution in [2.45, 2.75) is 0 Å². The molecule has 0 fully saturated rings. The van der Waals surface area contributed by atoms with Crippen molar-refractivity contribution in [2.75, 3.05) is 5.43 Å². The second-order valence-electron chi connectivity index (χ2n) is 3.19. The van der Waals surface area contributed by atoms with E-state index in [0.29, 0.717) is 20.5 Å². The van der Waals surface area contributed by atoms with E-state index >= 15 is 0 Å². The Balaban J connectivity index is 2.34. The molecule has 1 aromatic carbocycles. The predicted molar refractivity (Wildman–Crippen MR) is 71.7 cm³/mol. The Morgan fingerprint density at radius 3 is 2.67 bits per heavy atom. The quantitative estimate of drug-likeness (QED) is 0.634. The van der Waals surface area contributed by atoms with Gasteiger partial charge >= 0.3 is 0 Å². The van der Waals surface area contributed by atoms with Gasteiger partial charge in [-0.25, -0.2) is 20.2 Å². The Kier molecular flexibility index (Phi) is 4.10. The number of hydrogen-bond acceptors (Lipinski definition) is 5. The van der Waals surface area contributed by atoms with Crippen LogP contribution >= 0.6 is 31.9 Å². The van der Waals surface area contributed by atoms with Gasteiger partial charge < -0.3 is 10.2 Å². The highest BCUT2D eigenvalue weighted by atomic mass is 79.9. The number of ether oxygens (including phenoxy) is 1. The number of rotatable bonds is 3. The Morgan fingerprint density at radius 2 is 2.00 bits per heavy atom. The number of nitrogens with two attached hydrogens (primary N) is 1.